The quantitative estimate of drug-likeness (QED) is 0.831. The van der Waals surface area contributed by atoms with E-state index >= 15 is 0 Å². The number of fused-ring (bicyclic) bond motifs is 1. The number of hydrogen-bond donors (Lipinski definition) is 2. The van der Waals surface area contributed by atoms with Gasteiger partial charge in [-0.3, -0.25) is 9.59 Å². The first-order valence-corrected chi connectivity index (χ1v) is 9.11. The number of aryl methyl sites for hydroxylation is 2. The Morgan fingerprint density at radius 3 is 2.83 bits per heavy atom. The normalized spacial score (nSPS) is 17.2. The minimum absolute atomic E-state index is 0.0333. The van der Waals surface area contributed by atoms with E-state index in [-0.39, 0.29) is 11.8 Å². The van der Waals surface area contributed by atoms with Crippen LogP contribution in [0.4, 0.5) is 0 Å². The first kappa shape index (κ1) is 16.1. The van der Waals surface area contributed by atoms with Gasteiger partial charge in [-0.2, -0.15) is 5.10 Å². The van der Waals surface area contributed by atoms with Gasteiger partial charge in [0.1, 0.15) is 0 Å². The van der Waals surface area contributed by atoms with Crippen LogP contribution in [0.1, 0.15) is 54.1 Å². The van der Waals surface area contributed by atoms with Gasteiger partial charge in [0.25, 0.3) is 0 Å². The molecule has 0 bridgehead atoms. The molecule has 0 saturated heterocycles. The highest BCUT2D eigenvalue weighted by Gasteiger charge is 2.15. The van der Waals surface area contributed by atoms with Crippen LogP contribution in [0.3, 0.4) is 0 Å². The predicted octanol–water partition coefficient (Wildman–Crippen LogP) is 1.73. The summed E-state index contributed by atoms with van der Waals surface area (Å²) < 4.78 is 0. The Labute approximate surface area is 139 Å². The molecule has 2 heterocycles. The lowest BCUT2D eigenvalue weighted by Crippen LogP contribution is -2.28. The second kappa shape index (κ2) is 7.68. The minimum Gasteiger partial charge on any atom is -0.356 e. The Hall–Kier alpha value is -1.76. The standard InChI is InChI=1S/C16H22N4O2S/c21-14(7-5-11-6-8-15(22)20-19-11)17-10-9-16-18-12-3-1-2-4-13(12)23-16/h1-10H2,(H,17,21)(H,20,22). The van der Waals surface area contributed by atoms with Crippen molar-refractivity contribution < 1.29 is 9.59 Å². The predicted molar refractivity (Wildman–Crippen MR) is 89.5 cm³/mol. The van der Waals surface area contributed by atoms with Gasteiger partial charge in [-0.1, -0.05) is 0 Å². The monoisotopic (exact) mass is 334 g/mol. The van der Waals surface area contributed by atoms with Gasteiger partial charge >= 0.3 is 0 Å². The van der Waals surface area contributed by atoms with E-state index in [2.05, 4.69) is 20.8 Å². The van der Waals surface area contributed by atoms with E-state index in [1.54, 1.807) is 11.3 Å². The second-order valence-electron chi connectivity index (χ2n) is 6.00. The Morgan fingerprint density at radius 1 is 1.17 bits per heavy atom. The van der Waals surface area contributed by atoms with Crippen molar-refractivity contribution in [2.45, 2.75) is 57.8 Å². The summed E-state index contributed by atoms with van der Waals surface area (Å²) >= 11 is 1.80. The van der Waals surface area contributed by atoms with Crippen LogP contribution in [0.25, 0.3) is 0 Å². The third kappa shape index (κ3) is 4.60. The van der Waals surface area contributed by atoms with Crippen LogP contribution in [-0.4, -0.2) is 29.1 Å². The van der Waals surface area contributed by atoms with E-state index in [9.17, 15) is 9.59 Å². The Bertz CT molecular complexity index is 600. The summed E-state index contributed by atoms with van der Waals surface area (Å²) in [6.45, 7) is 0.633. The highest BCUT2D eigenvalue weighted by atomic mass is 32.1. The first-order valence-electron chi connectivity index (χ1n) is 8.29. The van der Waals surface area contributed by atoms with Gasteiger partial charge in [-0.25, -0.2) is 10.4 Å². The molecule has 1 aromatic rings. The van der Waals surface area contributed by atoms with Gasteiger partial charge in [0.2, 0.25) is 11.8 Å². The third-order valence-corrected chi connectivity index (χ3v) is 5.39. The molecule has 1 aliphatic carbocycles. The number of carbonyl (C=O) groups excluding carboxylic acids is 2. The van der Waals surface area contributed by atoms with Crippen molar-refractivity contribution in [1.82, 2.24) is 15.7 Å². The molecule has 0 aromatic carbocycles. The van der Waals surface area contributed by atoms with Crippen molar-refractivity contribution in [2.24, 2.45) is 5.10 Å². The summed E-state index contributed by atoms with van der Waals surface area (Å²) in [6.07, 6.45) is 7.75. The van der Waals surface area contributed by atoms with Crippen LogP contribution >= 0.6 is 11.3 Å². The molecular formula is C16H22N4O2S. The lowest BCUT2D eigenvalue weighted by Gasteiger charge is -2.11. The highest BCUT2D eigenvalue weighted by molar-refractivity contribution is 7.11. The van der Waals surface area contributed by atoms with Crippen LogP contribution in [-0.2, 0) is 28.9 Å². The van der Waals surface area contributed by atoms with E-state index in [1.807, 2.05) is 0 Å². The van der Waals surface area contributed by atoms with Crippen molar-refractivity contribution in [3.63, 3.8) is 0 Å². The molecule has 0 spiro atoms. The second-order valence-corrected chi connectivity index (χ2v) is 7.17. The summed E-state index contributed by atoms with van der Waals surface area (Å²) in [5, 5.41) is 8.06. The molecule has 7 heteroatoms. The molecule has 2 N–H and O–H groups in total. The van der Waals surface area contributed by atoms with Crippen LogP contribution < -0.4 is 10.7 Å². The molecule has 0 radical (unpaired) electrons. The zero-order valence-electron chi connectivity index (χ0n) is 13.2. The molecule has 1 aromatic heterocycles. The molecule has 2 aliphatic rings. The van der Waals surface area contributed by atoms with Gasteiger partial charge in [0.05, 0.1) is 10.7 Å². The maximum Gasteiger partial charge on any atom is 0.240 e. The van der Waals surface area contributed by atoms with E-state index in [0.717, 1.165) is 30.0 Å². The minimum atomic E-state index is -0.0515. The number of aromatic nitrogens is 1. The summed E-state index contributed by atoms with van der Waals surface area (Å²) in [6, 6.07) is 0. The Balaban J connectivity index is 1.36. The number of carbonyl (C=O) groups is 2. The van der Waals surface area contributed by atoms with Crippen molar-refractivity contribution in [2.75, 3.05) is 6.54 Å². The smallest absolute Gasteiger partial charge is 0.240 e. The van der Waals surface area contributed by atoms with Crippen molar-refractivity contribution in [1.29, 1.82) is 0 Å². The third-order valence-electron chi connectivity index (χ3n) is 4.17. The summed E-state index contributed by atoms with van der Waals surface area (Å²) in [7, 11) is 0. The first-order chi connectivity index (χ1) is 11.2. The molecule has 0 atom stereocenters. The number of nitrogens with zero attached hydrogens (tertiary/aromatic N) is 2. The molecule has 3 rings (SSSR count). The molecule has 0 saturated carbocycles. The maximum atomic E-state index is 11.9. The van der Waals surface area contributed by atoms with Crippen LogP contribution in [0.5, 0.6) is 0 Å². The van der Waals surface area contributed by atoms with Gasteiger partial charge in [-0.05, 0) is 38.5 Å². The molecule has 0 fully saturated rings. The molecule has 0 unspecified atom stereocenters. The average molecular weight is 334 g/mol. The number of amides is 2. The topological polar surface area (TPSA) is 83.5 Å². The van der Waals surface area contributed by atoms with E-state index < -0.39 is 0 Å². The lowest BCUT2D eigenvalue weighted by molar-refractivity contribution is -0.121. The molecular weight excluding hydrogens is 312 g/mol. The van der Waals surface area contributed by atoms with Gasteiger partial charge in [-0.15, -0.1) is 11.3 Å². The van der Waals surface area contributed by atoms with Crippen molar-refractivity contribution in [3.8, 4) is 0 Å². The van der Waals surface area contributed by atoms with Crippen LogP contribution in [0.15, 0.2) is 5.10 Å². The Kier molecular flexibility index (Phi) is 5.38. The molecule has 6 nitrogen and oxygen atoms in total. The number of hydrogen-bond acceptors (Lipinski definition) is 5. The van der Waals surface area contributed by atoms with Crippen LogP contribution in [0, 0.1) is 0 Å². The fourth-order valence-corrected chi connectivity index (χ4v) is 4.02. The lowest BCUT2D eigenvalue weighted by atomic mass is 10.0. The number of hydrazone groups is 1. The summed E-state index contributed by atoms with van der Waals surface area (Å²) in [5.41, 5.74) is 4.63. The number of nitrogens with one attached hydrogen (secondary N) is 2. The molecule has 2 amide bonds. The highest BCUT2D eigenvalue weighted by Crippen LogP contribution is 2.26. The maximum absolute atomic E-state index is 11.9. The summed E-state index contributed by atoms with van der Waals surface area (Å²) in [5.74, 6) is -0.0183. The fraction of sp³-hybridized carbons (Fsp3) is 0.625. The van der Waals surface area contributed by atoms with Gasteiger partial charge in [0, 0.05) is 36.4 Å². The SMILES string of the molecule is O=C(CCC1=NNC(=O)CC1)NCCc1nc2c(s1)CCCC2. The van der Waals surface area contributed by atoms with E-state index in [4.69, 9.17) is 0 Å². The summed E-state index contributed by atoms with van der Waals surface area (Å²) in [4.78, 5) is 29.0. The average Bonchev–Trinajstić information content (AvgIpc) is 2.97. The van der Waals surface area contributed by atoms with Crippen LogP contribution in [0.2, 0.25) is 0 Å². The van der Waals surface area contributed by atoms with Crippen molar-refractivity contribution in [3.05, 3.63) is 15.6 Å². The van der Waals surface area contributed by atoms with Gasteiger partial charge in [0.15, 0.2) is 0 Å². The zero-order chi connectivity index (χ0) is 16.1. The largest absolute Gasteiger partial charge is 0.356 e. The van der Waals surface area contributed by atoms with E-state index in [0.29, 0.717) is 32.2 Å². The fourth-order valence-electron chi connectivity index (χ4n) is 2.86. The van der Waals surface area contributed by atoms with E-state index in [1.165, 1.54) is 23.4 Å². The molecule has 23 heavy (non-hydrogen) atoms. The molecule has 1 aliphatic heterocycles. The van der Waals surface area contributed by atoms with Crippen molar-refractivity contribution >= 4 is 28.9 Å². The van der Waals surface area contributed by atoms with Gasteiger partial charge < -0.3 is 5.32 Å². The number of thiazole rings is 1. The Morgan fingerprint density at radius 2 is 2.04 bits per heavy atom. The number of rotatable bonds is 6. The molecule has 124 valence electrons. The zero-order valence-corrected chi connectivity index (χ0v) is 14.0.